The van der Waals surface area contributed by atoms with Gasteiger partial charge in [0, 0.05) is 10.6 Å². The predicted molar refractivity (Wildman–Crippen MR) is 102 cm³/mol. The number of carbonyl (C=O) groups is 1. The van der Waals surface area contributed by atoms with Gasteiger partial charge in [0.25, 0.3) is 0 Å². The SMILES string of the molecule is CCOc1ccc(Nc2ccc(NC(=O)Cc3cccs3)nc2)cc1. The molecular formula is C19H19N3O2S. The van der Waals surface area contributed by atoms with Crippen LogP contribution in [0, 0.1) is 0 Å². The Balaban J connectivity index is 1.55. The van der Waals surface area contributed by atoms with E-state index in [0.29, 0.717) is 18.8 Å². The molecule has 1 amide bonds. The predicted octanol–water partition coefficient (Wildman–Crippen LogP) is 4.47. The van der Waals surface area contributed by atoms with Crippen LogP contribution in [0.5, 0.6) is 5.75 Å². The number of ether oxygens (including phenoxy) is 1. The lowest BCUT2D eigenvalue weighted by Crippen LogP contribution is -2.14. The van der Waals surface area contributed by atoms with E-state index in [2.05, 4.69) is 15.6 Å². The van der Waals surface area contributed by atoms with E-state index in [1.54, 1.807) is 23.6 Å². The summed E-state index contributed by atoms with van der Waals surface area (Å²) < 4.78 is 5.42. The maximum Gasteiger partial charge on any atom is 0.230 e. The van der Waals surface area contributed by atoms with Crippen molar-refractivity contribution in [2.24, 2.45) is 0 Å². The summed E-state index contributed by atoms with van der Waals surface area (Å²) in [6.45, 7) is 2.61. The molecule has 0 radical (unpaired) electrons. The molecule has 0 bridgehead atoms. The van der Waals surface area contributed by atoms with Crippen LogP contribution in [0.15, 0.2) is 60.1 Å². The number of hydrogen-bond acceptors (Lipinski definition) is 5. The molecule has 3 rings (SSSR count). The van der Waals surface area contributed by atoms with Gasteiger partial charge in [0.05, 0.1) is 24.9 Å². The summed E-state index contributed by atoms with van der Waals surface area (Å²) in [5.41, 5.74) is 1.79. The van der Waals surface area contributed by atoms with Crippen LogP contribution in [0.25, 0.3) is 0 Å². The van der Waals surface area contributed by atoms with Gasteiger partial charge in [-0.25, -0.2) is 4.98 Å². The van der Waals surface area contributed by atoms with Crippen molar-refractivity contribution >= 4 is 34.4 Å². The second-order valence-corrected chi connectivity index (χ2v) is 6.35. The zero-order chi connectivity index (χ0) is 17.5. The molecule has 6 heteroatoms. The second kappa shape index (κ2) is 8.30. The van der Waals surface area contributed by atoms with E-state index in [4.69, 9.17) is 4.74 Å². The van der Waals surface area contributed by atoms with Gasteiger partial charge in [0.1, 0.15) is 11.6 Å². The van der Waals surface area contributed by atoms with Crippen LogP contribution >= 0.6 is 11.3 Å². The molecular weight excluding hydrogens is 334 g/mol. The third kappa shape index (κ3) is 5.06. The molecule has 2 N–H and O–H groups in total. The molecule has 0 saturated carbocycles. The van der Waals surface area contributed by atoms with Crippen LogP contribution in [0.4, 0.5) is 17.2 Å². The molecule has 0 atom stereocenters. The first-order chi connectivity index (χ1) is 12.2. The number of anilines is 3. The normalized spacial score (nSPS) is 10.3. The minimum absolute atomic E-state index is 0.0674. The molecule has 5 nitrogen and oxygen atoms in total. The molecule has 0 saturated heterocycles. The van der Waals surface area contributed by atoms with Gasteiger partial charge < -0.3 is 15.4 Å². The maximum absolute atomic E-state index is 12.0. The van der Waals surface area contributed by atoms with Crippen LogP contribution in [0.2, 0.25) is 0 Å². The van der Waals surface area contributed by atoms with Gasteiger partial charge in [0.15, 0.2) is 0 Å². The summed E-state index contributed by atoms with van der Waals surface area (Å²) >= 11 is 1.57. The fourth-order valence-electron chi connectivity index (χ4n) is 2.27. The number of hydrogen-bond donors (Lipinski definition) is 2. The van der Waals surface area contributed by atoms with Gasteiger partial charge in [-0.2, -0.15) is 0 Å². The van der Waals surface area contributed by atoms with Gasteiger partial charge in [-0.1, -0.05) is 6.07 Å². The zero-order valence-electron chi connectivity index (χ0n) is 13.9. The lowest BCUT2D eigenvalue weighted by atomic mass is 10.3. The van der Waals surface area contributed by atoms with Crippen LogP contribution in [-0.2, 0) is 11.2 Å². The number of nitrogens with one attached hydrogen (secondary N) is 2. The minimum Gasteiger partial charge on any atom is -0.494 e. The number of aromatic nitrogens is 1. The van der Waals surface area contributed by atoms with Crippen molar-refractivity contribution in [3.63, 3.8) is 0 Å². The van der Waals surface area contributed by atoms with Gasteiger partial charge in [0.2, 0.25) is 5.91 Å². The molecule has 0 aliphatic carbocycles. The Hall–Kier alpha value is -2.86. The van der Waals surface area contributed by atoms with E-state index in [0.717, 1.165) is 22.0 Å². The highest BCUT2D eigenvalue weighted by molar-refractivity contribution is 7.10. The fourth-order valence-corrected chi connectivity index (χ4v) is 2.97. The van der Waals surface area contributed by atoms with E-state index in [1.165, 1.54) is 0 Å². The average Bonchev–Trinajstić information content (AvgIpc) is 3.11. The van der Waals surface area contributed by atoms with Crippen molar-refractivity contribution in [1.82, 2.24) is 4.98 Å². The molecule has 2 heterocycles. The first-order valence-electron chi connectivity index (χ1n) is 8.01. The summed E-state index contributed by atoms with van der Waals surface area (Å²) in [5.74, 6) is 1.32. The summed E-state index contributed by atoms with van der Waals surface area (Å²) in [6, 6.07) is 15.3. The van der Waals surface area contributed by atoms with Gasteiger partial charge in [-0.3, -0.25) is 4.79 Å². The highest BCUT2D eigenvalue weighted by atomic mass is 32.1. The summed E-state index contributed by atoms with van der Waals surface area (Å²) in [5, 5.41) is 8.03. The van der Waals surface area contributed by atoms with Gasteiger partial charge in [-0.15, -0.1) is 11.3 Å². The smallest absolute Gasteiger partial charge is 0.230 e. The standard InChI is InChI=1S/C19H19N3O2S/c1-2-24-16-8-5-14(6-9-16)21-15-7-10-18(20-13-15)22-19(23)12-17-4-3-11-25-17/h3-11,13,21H,2,12H2,1H3,(H,20,22,23). The van der Waals surface area contributed by atoms with Crippen molar-refractivity contribution in [1.29, 1.82) is 0 Å². The quantitative estimate of drug-likeness (QED) is 0.658. The van der Waals surface area contributed by atoms with E-state index in [-0.39, 0.29) is 5.91 Å². The molecule has 0 aliphatic heterocycles. The molecule has 0 unspecified atom stereocenters. The van der Waals surface area contributed by atoms with Gasteiger partial charge in [-0.05, 0) is 54.8 Å². The molecule has 25 heavy (non-hydrogen) atoms. The van der Waals surface area contributed by atoms with Crippen molar-refractivity contribution < 1.29 is 9.53 Å². The molecule has 128 valence electrons. The maximum atomic E-state index is 12.0. The number of amides is 1. The van der Waals surface area contributed by atoms with Gasteiger partial charge >= 0.3 is 0 Å². The second-order valence-electron chi connectivity index (χ2n) is 5.32. The monoisotopic (exact) mass is 353 g/mol. The number of nitrogens with zero attached hydrogens (tertiary/aromatic N) is 1. The van der Waals surface area contributed by atoms with Crippen molar-refractivity contribution in [2.75, 3.05) is 17.2 Å². The zero-order valence-corrected chi connectivity index (χ0v) is 14.7. The van der Waals surface area contributed by atoms with E-state index >= 15 is 0 Å². The number of pyridine rings is 1. The van der Waals surface area contributed by atoms with E-state index in [9.17, 15) is 4.79 Å². The third-order valence-electron chi connectivity index (χ3n) is 3.40. The molecule has 0 aliphatic rings. The molecule has 0 spiro atoms. The average molecular weight is 353 g/mol. The molecule has 3 aromatic rings. The lowest BCUT2D eigenvalue weighted by molar-refractivity contribution is -0.115. The Kier molecular flexibility index (Phi) is 5.64. The van der Waals surface area contributed by atoms with Crippen LogP contribution in [-0.4, -0.2) is 17.5 Å². The van der Waals surface area contributed by atoms with Crippen molar-refractivity contribution in [3.05, 3.63) is 65.0 Å². The summed E-state index contributed by atoms with van der Waals surface area (Å²) in [7, 11) is 0. The van der Waals surface area contributed by atoms with Crippen molar-refractivity contribution in [2.45, 2.75) is 13.3 Å². The van der Waals surface area contributed by atoms with Crippen LogP contribution in [0.1, 0.15) is 11.8 Å². The Morgan fingerprint density at radius 3 is 2.56 bits per heavy atom. The summed E-state index contributed by atoms with van der Waals surface area (Å²) in [6.07, 6.45) is 2.06. The Morgan fingerprint density at radius 1 is 1.12 bits per heavy atom. The Bertz CT molecular complexity index is 800. The minimum atomic E-state index is -0.0674. The third-order valence-corrected chi connectivity index (χ3v) is 4.28. The highest BCUT2D eigenvalue weighted by Crippen LogP contribution is 2.20. The molecule has 1 aromatic carbocycles. The Labute approximate surface area is 150 Å². The first-order valence-corrected chi connectivity index (χ1v) is 8.89. The van der Waals surface area contributed by atoms with E-state index in [1.807, 2.05) is 54.8 Å². The molecule has 0 fully saturated rings. The lowest BCUT2D eigenvalue weighted by Gasteiger charge is -2.09. The fraction of sp³-hybridized carbons (Fsp3) is 0.158. The summed E-state index contributed by atoms with van der Waals surface area (Å²) in [4.78, 5) is 17.3. The Morgan fingerprint density at radius 2 is 1.92 bits per heavy atom. The number of rotatable bonds is 7. The number of carbonyl (C=O) groups excluding carboxylic acids is 1. The van der Waals surface area contributed by atoms with E-state index < -0.39 is 0 Å². The van der Waals surface area contributed by atoms with Crippen LogP contribution < -0.4 is 15.4 Å². The number of benzene rings is 1. The van der Waals surface area contributed by atoms with Crippen LogP contribution in [0.3, 0.4) is 0 Å². The molecule has 2 aromatic heterocycles. The van der Waals surface area contributed by atoms with Crippen molar-refractivity contribution in [3.8, 4) is 5.75 Å². The highest BCUT2D eigenvalue weighted by Gasteiger charge is 2.06. The number of thiophene rings is 1. The largest absolute Gasteiger partial charge is 0.494 e. The topological polar surface area (TPSA) is 63.2 Å². The first kappa shape index (κ1) is 17.0.